The summed E-state index contributed by atoms with van der Waals surface area (Å²) in [7, 11) is 0. The first-order chi connectivity index (χ1) is 9.46. The molecule has 0 spiro atoms. The van der Waals surface area contributed by atoms with Gasteiger partial charge in [-0.3, -0.25) is 0 Å². The molecule has 1 heterocycles. The minimum Gasteiger partial charge on any atom is -0.407 e. The Hall–Kier alpha value is -0.750. The second-order valence-corrected chi connectivity index (χ2v) is 7.60. The molecule has 0 aromatic carbocycles. The van der Waals surface area contributed by atoms with E-state index in [0.717, 1.165) is 5.25 Å². The molecule has 1 aromatic heterocycles. The van der Waals surface area contributed by atoms with E-state index in [4.69, 9.17) is 4.42 Å². The normalized spacial score (nSPS) is 23.8. The van der Waals surface area contributed by atoms with Gasteiger partial charge < -0.3 is 15.1 Å². The highest BCUT2D eigenvalue weighted by Gasteiger charge is 2.21. The molecule has 6 heteroatoms. The van der Waals surface area contributed by atoms with Gasteiger partial charge in [-0.05, 0) is 52.7 Å². The molecule has 114 valence electrons. The van der Waals surface area contributed by atoms with E-state index in [1.54, 1.807) is 0 Å². The molecule has 0 saturated heterocycles. The number of hydrogen-bond acceptors (Lipinski definition) is 6. The molecule has 1 fully saturated rings. The largest absolute Gasteiger partial charge is 0.407 e. The number of aromatic nitrogens is 2. The Labute approximate surface area is 125 Å². The lowest BCUT2D eigenvalue weighted by Crippen LogP contribution is -2.35. The molecule has 0 amide bonds. The van der Waals surface area contributed by atoms with Gasteiger partial charge in [0, 0.05) is 16.8 Å². The summed E-state index contributed by atoms with van der Waals surface area (Å²) in [5.74, 6) is 0.639. The van der Waals surface area contributed by atoms with Crippen molar-refractivity contribution in [1.29, 1.82) is 0 Å². The van der Waals surface area contributed by atoms with Crippen LogP contribution in [-0.2, 0) is 6.54 Å². The van der Waals surface area contributed by atoms with Crippen LogP contribution in [0.1, 0.15) is 52.3 Å². The summed E-state index contributed by atoms with van der Waals surface area (Å²) < 4.78 is 5.63. The van der Waals surface area contributed by atoms with Crippen LogP contribution < -0.4 is 10.6 Å². The van der Waals surface area contributed by atoms with Gasteiger partial charge in [0.25, 0.3) is 0 Å². The zero-order valence-corrected chi connectivity index (χ0v) is 13.7. The van der Waals surface area contributed by atoms with Crippen LogP contribution in [0, 0.1) is 0 Å². The molecule has 1 aliphatic rings. The number of hydrogen-bond donors (Lipinski definition) is 2. The molecule has 1 aromatic rings. The van der Waals surface area contributed by atoms with E-state index in [1.165, 1.54) is 25.7 Å². The quantitative estimate of drug-likeness (QED) is 0.871. The fourth-order valence-corrected chi connectivity index (χ4v) is 3.09. The van der Waals surface area contributed by atoms with Crippen LogP contribution in [0.5, 0.6) is 0 Å². The Morgan fingerprint density at radius 3 is 2.50 bits per heavy atom. The first-order valence-corrected chi connectivity index (χ1v) is 8.62. The van der Waals surface area contributed by atoms with Gasteiger partial charge in [0.05, 0.1) is 6.54 Å². The van der Waals surface area contributed by atoms with Gasteiger partial charge >= 0.3 is 6.01 Å². The zero-order chi connectivity index (χ0) is 14.6. The van der Waals surface area contributed by atoms with Crippen molar-refractivity contribution < 1.29 is 4.42 Å². The van der Waals surface area contributed by atoms with Crippen molar-refractivity contribution in [2.45, 2.75) is 69.8 Å². The summed E-state index contributed by atoms with van der Waals surface area (Å²) >= 11 is 1.98. The maximum atomic E-state index is 5.63. The molecular formula is C14H26N4OS. The van der Waals surface area contributed by atoms with E-state index < -0.39 is 0 Å². The van der Waals surface area contributed by atoms with E-state index in [2.05, 4.69) is 47.9 Å². The van der Waals surface area contributed by atoms with Crippen LogP contribution in [0.4, 0.5) is 6.01 Å². The predicted molar refractivity (Wildman–Crippen MR) is 84.1 cm³/mol. The summed E-state index contributed by atoms with van der Waals surface area (Å²) in [6.45, 7) is 6.96. The SMILES string of the molecule is CSC1CCC(Nc2nnc(CNC(C)(C)C)o2)CC1. The lowest BCUT2D eigenvalue weighted by atomic mass is 9.95. The second kappa shape index (κ2) is 6.80. The molecule has 5 nitrogen and oxygen atoms in total. The highest BCUT2D eigenvalue weighted by Crippen LogP contribution is 2.28. The molecule has 0 bridgehead atoms. The molecule has 2 N–H and O–H groups in total. The highest BCUT2D eigenvalue weighted by molar-refractivity contribution is 7.99. The van der Waals surface area contributed by atoms with Crippen LogP contribution in [-0.4, -0.2) is 33.3 Å². The van der Waals surface area contributed by atoms with Crippen molar-refractivity contribution in [2.24, 2.45) is 0 Å². The van der Waals surface area contributed by atoms with Crippen molar-refractivity contribution in [3.05, 3.63) is 5.89 Å². The van der Waals surface area contributed by atoms with Crippen molar-refractivity contribution in [3.63, 3.8) is 0 Å². The Bertz CT molecular complexity index is 408. The van der Waals surface area contributed by atoms with Gasteiger partial charge in [0.1, 0.15) is 0 Å². The minimum absolute atomic E-state index is 0.0538. The van der Waals surface area contributed by atoms with E-state index in [9.17, 15) is 0 Å². The Morgan fingerprint density at radius 2 is 1.90 bits per heavy atom. The van der Waals surface area contributed by atoms with Gasteiger partial charge in [-0.1, -0.05) is 5.10 Å². The van der Waals surface area contributed by atoms with Gasteiger partial charge in [0.2, 0.25) is 5.89 Å². The van der Waals surface area contributed by atoms with Gasteiger partial charge in [0.15, 0.2) is 0 Å². The Balaban J connectivity index is 1.78. The third-order valence-electron chi connectivity index (χ3n) is 3.57. The highest BCUT2D eigenvalue weighted by atomic mass is 32.2. The molecule has 20 heavy (non-hydrogen) atoms. The van der Waals surface area contributed by atoms with Crippen molar-refractivity contribution >= 4 is 17.8 Å². The average Bonchev–Trinajstić information content (AvgIpc) is 2.84. The fraction of sp³-hybridized carbons (Fsp3) is 0.857. The predicted octanol–water partition coefficient (Wildman–Crippen LogP) is 3.04. The molecular weight excluding hydrogens is 272 g/mol. The molecule has 0 unspecified atom stereocenters. The number of nitrogens with one attached hydrogen (secondary N) is 2. The lowest BCUT2D eigenvalue weighted by molar-refractivity contribution is 0.381. The van der Waals surface area contributed by atoms with Gasteiger partial charge in [-0.25, -0.2) is 0 Å². The number of anilines is 1. The zero-order valence-electron chi connectivity index (χ0n) is 12.9. The van der Waals surface area contributed by atoms with Gasteiger partial charge in [-0.15, -0.1) is 5.10 Å². The second-order valence-electron chi connectivity index (χ2n) is 6.46. The minimum atomic E-state index is 0.0538. The van der Waals surface area contributed by atoms with Crippen molar-refractivity contribution in [3.8, 4) is 0 Å². The maximum Gasteiger partial charge on any atom is 0.315 e. The van der Waals surface area contributed by atoms with Crippen LogP contribution in [0.15, 0.2) is 4.42 Å². The summed E-state index contributed by atoms with van der Waals surface area (Å²) in [5.41, 5.74) is 0.0538. The van der Waals surface area contributed by atoms with E-state index in [-0.39, 0.29) is 5.54 Å². The molecule has 1 saturated carbocycles. The first-order valence-electron chi connectivity index (χ1n) is 7.33. The monoisotopic (exact) mass is 298 g/mol. The first kappa shape index (κ1) is 15.6. The van der Waals surface area contributed by atoms with E-state index in [1.807, 2.05) is 11.8 Å². The summed E-state index contributed by atoms with van der Waals surface area (Å²) in [6.07, 6.45) is 7.11. The van der Waals surface area contributed by atoms with Crippen molar-refractivity contribution in [2.75, 3.05) is 11.6 Å². The topological polar surface area (TPSA) is 63.0 Å². The van der Waals surface area contributed by atoms with Crippen LogP contribution >= 0.6 is 11.8 Å². The maximum absolute atomic E-state index is 5.63. The molecule has 0 aliphatic heterocycles. The summed E-state index contributed by atoms with van der Waals surface area (Å²) in [4.78, 5) is 0. The average molecular weight is 298 g/mol. The van der Waals surface area contributed by atoms with Crippen LogP contribution in [0.25, 0.3) is 0 Å². The summed E-state index contributed by atoms with van der Waals surface area (Å²) in [6, 6.07) is 1.03. The molecule has 2 rings (SSSR count). The molecule has 0 radical (unpaired) electrons. The third-order valence-corrected chi connectivity index (χ3v) is 4.71. The molecule has 0 atom stereocenters. The number of rotatable bonds is 5. The Kier molecular flexibility index (Phi) is 5.32. The standard InChI is InChI=1S/C14H26N4OS/c1-14(2,3)15-9-12-17-18-13(19-12)16-10-5-7-11(20-4)8-6-10/h10-11,15H,5-9H2,1-4H3,(H,16,18). The van der Waals surface area contributed by atoms with E-state index in [0.29, 0.717) is 24.5 Å². The third kappa shape index (κ3) is 4.98. The van der Waals surface area contributed by atoms with E-state index >= 15 is 0 Å². The number of thioether (sulfide) groups is 1. The van der Waals surface area contributed by atoms with Crippen LogP contribution in [0.2, 0.25) is 0 Å². The van der Waals surface area contributed by atoms with Crippen molar-refractivity contribution in [1.82, 2.24) is 15.5 Å². The Morgan fingerprint density at radius 1 is 1.20 bits per heavy atom. The number of nitrogens with zero attached hydrogens (tertiary/aromatic N) is 2. The smallest absolute Gasteiger partial charge is 0.315 e. The van der Waals surface area contributed by atoms with Gasteiger partial charge in [-0.2, -0.15) is 11.8 Å². The fourth-order valence-electron chi connectivity index (χ4n) is 2.34. The van der Waals surface area contributed by atoms with Crippen LogP contribution in [0.3, 0.4) is 0 Å². The lowest BCUT2D eigenvalue weighted by Gasteiger charge is -2.27. The summed E-state index contributed by atoms with van der Waals surface area (Å²) in [5, 5.41) is 15.7. The molecule has 1 aliphatic carbocycles.